The van der Waals surface area contributed by atoms with Crippen LogP contribution in [0.4, 0.5) is 4.39 Å². The summed E-state index contributed by atoms with van der Waals surface area (Å²) in [5, 5.41) is 14.3. The zero-order chi connectivity index (χ0) is 19.6. The van der Waals surface area contributed by atoms with Crippen molar-refractivity contribution >= 4 is 17.6 Å². The molecule has 1 atom stereocenters. The fourth-order valence-corrected chi connectivity index (χ4v) is 3.41. The maximum atomic E-state index is 13.5. The first-order chi connectivity index (χ1) is 12.9. The van der Waals surface area contributed by atoms with E-state index in [4.69, 9.17) is 11.6 Å². The summed E-state index contributed by atoms with van der Waals surface area (Å²) in [4.78, 5) is 11.9. The lowest BCUT2D eigenvalue weighted by Gasteiger charge is -2.10. The lowest BCUT2D eigenvalue weighted by atomic mass is 9.94. The molecule has 3 rings (SSSR count). The highest BCUT2D eigenvalue weighted by molar-refractivity contribution is 6.30. The van der Waals surface area contributed by atoms with Crippen LogP contribution >= 0.6 is 11.6 Å². The summed E-state index contributed by atoms with van der Waals surface area (Å²) in [6.45, 7) is 3.91. The summed E-state index contributed by atoms with van der Waals surface area (Å²) in [5.74, 6) is -1.43. The molecular formula is C21H20ClFN2O2. The van der Waals surface area contributed by atoms with Gasteiger partial charge in [-0.25, -0.2) is 13.9 Å². The van der Waals surface area contributed by atoms with E-state index in [0.717, 1.165) is 5.56 Å². The van der Waals surface area contributed by atoms with Crippen LogP contribution in [-0.2, 0) is 12.8 Å². The van der Waals surface area contributed by atoms with Gasteiger partial charge >= 0.3 is 5.97 Å². The third-order valence-electron chi connectivity index (χ3n) is 4.62. The molecule has 0 radical (unpaired) electrons. The van der Waals surface area contributed by atoms with Crippen LogP contribution in [0.3, 0.4) is 0 Å². The number of carboxylic acids is 1. The molecule has 0 aliphatic carbocycles. The van der Waals surface area contributed by atoms with Gasteiger partial charge in [0.25, 0.3) is 0 Å². The fourth-order valence-electron chi connectivity index (χ4n) is 3.24. The van der Waals surface area contributed by atoms with E-state index in [-0.39, 0.29) is 16.5 Å². The van der Waals surface area contributed by atoms with Gasteiger partial charge in [0.15, 0.2) is 0 Å². The molecular weight excluding hydrogens is 367 g/mol. The van der Waals surface area contributed by atoms with E-state index in [2.05, 4.69) is 5.10 Å². The highest BCUT2D eigenvalue weighted by Gasteiger charge is 2.24. The lowest BCUT2D eigenvalue weighted by Crippen LogP contribution is -2.07. The minimum absolute atomic E-state index is 0.0267. The van der Waals surface area contributed by atoms with Crippen LogP contribution in [0.15, 0.2) is 48.5 Å². The van der Waals surface area contributed by atoms with Crippen LogP contribution < -0.4 is 0 Å². The van der Waals surface area contributed by atoms with E-state index in [0.29, 0.717) is 29.9 Å². The molecule has 27 heavy (non-hydrogen) atoms. The molecule has 0 aliphatic rings. The summed E-state index contributed by atoms with van der Waals surface area (Å²) >= 11 is 5.90. The van der Waals surface area contributed by atoms with Gasteiger partial charge in [-0.3, -0.25) is 0 Å². The highest BCUT2D eigenvalue weighted by atomic mass is 35.5. The Bertz CT molecular complexity index is 970. The number of hydrogen-bond donors (Lipinski definition) is 1. The number of benzene rings is 2. The number of aromatic nitrogens is 2. The number of rotatable bonds is 6. The summed E-state index contributed by atoms with van der Waals surface area (Å²) in [5.41, 5.74) is 2.95. The van der Waals surface area contributed by atoms with E-state index in [9.17, 15) is 14.3 Å². The molecule has 140 valence electrons. The fraction of sp³-hybridized carbons (Fsp3) is 0.238. The zero-order valence-corrected chi connectivity index (χ0v) is 15.9. The van der Waals surface area contributed by atoms with Gasteiger partial charge < -0.3 is 5.11 Å². The average molecular weight is 387 g/mol. The van der Waals surface area contributed by atoms with Crippen LogP contribution in [0, 0.1) is 5.82 Å². The Balaban J connectivity index is 2.07. The molecule has 0 saturated carbocycles. The van der Waals surface area contributed by atoms with Crippen molar-refractivity contribution in [3.05, 3.63) is 81.9 Å². The van der Waals surface area contributed by atoms with Crippen LogP contribution in [0.25, 0.3) is 5.69 Å². The first-order valence-electron chi connectivity index (χ1n) is 8.76. The number of halogens is 2. The summed E-state index contributed by atoms with van der Waals surface area (Å²) in [7, 11) is 0. The van der Waals surface area contributed by atoms with Gasteiger partial charge in [0.2, 0.25) is 0 Å². The SMILES string of the molecule is CCc1c(C(=O)O)c(CC(C)c2ccccc2)nn1-c1ccc(F)c(Cl)c1. The van der Waals surface area contributed by atoms with Crippen LogP contribution in [0.1, 0.15) is 47.1 Å². The average Bonchev–Trinajstić information content (AvgIpc) is 3.03. The Kier molecular flexibility index (Phi) is 5.61. The molecule has 1 aromatic heterocycles. The summed E-state index contributed by atoms with van der Waals surface area (Å²) in [6.07, 6.45) is 0.962. The molecule has 1 N–H and O–H groups in total. The predicted molar refractivity (Wildman–Crippen MR) is 103 cm³/mol. The number of hydrogen-bond acceptors (Lipinski definition) is 2. The molecule has 0 bridgehead atoms. The minimum Gasteiger partial charge on any atom is -0.478 e. The Morgan fingerprint density at radius 2 is 1.96 bits per heavy atom. The molecule has 3 aromatic rings. The smallest absolute Gasteiger partial charge is 0.339 e. The third-order valence-corrected chi connectivity index (χ3v) is 4.91. The summed E-state index contributed by atoms with van der Waals surface area (Å²) in [6, 6.07) is 14.2. The van der Waals surface area contributed by atoms with Crippen molar-refractivity contribution in [1.82, 2.24) is 9.78 Å². The minimum atomic E-state index is -1.01. The predicted octanol–water partition coefficient (Wildman–Crippen LogP) is 5.27. The van der Waals surface area contributed by atoms with Gasteiger partial charge in [-0.15, -0.1) is 0 Å². The lowest BCUT2D eigenvalue weighted by molar-refractivity contribution is 0.0694. The van der Waals surface area contributed by atoms with Crippen LogP contribution in [0.2, 0.25) is 5.02 Å². The van der Waals surface area contributed by atoms with Crippen molar-refractivity contribution in [1.29, 1.82) is 0 Å². The van der Waals surface area contributed by atoms with E-state index in [1.54, 1.807) is 10.7 Å². The second-order valence-electron chi connectivity index (χ2n) is 6.45. The number of carboxylic acid groups (broad SMARTS) is 1. The second kappa shape index (κ2) is 7.92. The van der Waals surface area contributed by atoms with Gasteiger partial charge in [0.05, 0.1) is 22.1 Å². The maximum Gasteiger partial charge on any atom is 0.339 e. The Morgan fingerprint density at radius 3 is 2.56 bits per heavy atom. The molecule has 1 unspecified atom stereocenters. The van der Waals surface area contributed by atoms with Crippen molar-refractivity contribution in [3.8, 4) is 5.69 Å². The Labute approximate surface area is 162 Å². The quantitative estimate of drug-likeness (QED) is 0.627. The van der Waals surface area contributed by atoms with Gasteiger partial charge in [-0.1, -0.05) is 55.8 Å². The molecule has 0 fully saturated rings. The standard InChI is InChI=1S/C21H20ClFN2O2/c1-3-19-20(21(26)27)18(11-13(2)14-7-5-4-6-8-14)24-25(19)15-9-10-17(23)16(22)12-15/h4-10,12-13H,3,11H2,1-2H3,(H,26,27). The highest BCUT2D eigenvalue weighted by Crippen LogP contribution is 2.27. The van der Waals surface area contributed by atoms with E-state index >= 15 is 0 Å². The monoisotopic (exact) mass is 386 g/mol. The largest absolute Gasteiger partial charge is 0.478 e. The molecule has 0 saturated heterocycles. The first kappa shape index (κ1) is 19.1. The maximum absolute atomic E-state index is 13.5. The van der Waals surface area contributed by atoms with Crippen LogP contribution in [0.5, 0.6) is 0 Å². The van der Waals surface area contributed by atoms with Crippen molar-refractivity contribution in [2.45, 2.75) is 32.6 Å². The van der Waals surface area contributed by atoms with Gasteiger partial charge in [-0.05, 0) is 42.5 Å². The van der Waals surface area contributed by atoms with Crippen molar-refractivity contribution in [3.63, 3.8) is 0 Å². The topological polar surface area (TPSA) is 55.1 Å². The molecule has 0 amide bonds. The molecule has 0 spiro atoms. The van der Waals surface area contributed by atoms with Crippen molar-refractivity contribution < 1.29 is 14.3 Å². The van der Waals surface area contributed by atoms with Crippen LogP contribution in [-0.4, -0.2) is 20.9 Å². The number of carbonyl (C=O) groups is 1. The van der Waals surface area contributed by atoms with E-state index in [1.165, 1.54) is 12.1 Å². The van der Waals surface area contributed by atoms with E-state index in [1.807, 2.05) is 44.2 Å². The molecule has 0 aliphatic heterocycles. The first-order valence-corrected chi connectivity index (χ1v) is 9.14. The molecule has 6 heteroatoms. The number of nitrogens with zero attached hydrogens (tertiary/aromatic N) is 2. The zero-order valence-electron chi connectivity index (χ0n) is 15.1. The Hall–Kier alpha value is -2.66. The van der Waals surface area contributed by atoms with Crippen molar-refractivity contribution in [2.75, 3.05) is 0 Å². The summed E-state index contributed by atoms with van der Waals surface area (Å²) < 4.78 is 15.1. The van der Waals surface area contributed by atoms with Gasteiger partial charge in [0, 0.05) is 0 Å². The van der Waals surface area contributed by atoms with E-state index < -0.39 is 11.8 Å². The second-order valence-corrected chi connectivity index (χ2v) is 6.86. The van der Waals surface area contributed by atoms with Gasteiger partial charge in [0.1, 0.15) is 11.4 Å². The van der Waals surface area contributed by atoms with Gasteiger partial charge in [-0.2, -0.15) is 5.10 Å². The molecule has 2 aromatic carbocycles. The van der Waals surface area contributed by atoms with Crippen molar-refractivity contribution in [2.24, 2.45) is 0 Å². The third kappa shape index (κ3) is 3.88. The normalized spacial score (nSPS) is 12.1. The molecule has 1 heterocycles. The Morgan fingerprint density at radius 1 is 1.26 bits per heavy atom. The number of aromatic carboxylic acids is 1. The molecule has 4 nitrogen and oxygen atoms in total.